The van der Waals surface area contributed by atoms with Gasteiger partial charge in [0.1, 0.15) is 0 Å². The van der Waals surface area contributed by atoms with E-state index in [1.165, 1.54) is 0 Å². The van der Waals surface area contributed by atoms with Crippen LogP contribution in [0.25, 0.3) is 0 Å². The molecular formula is C11H23N3OS. The largest absolute Gasteiger partial charge is 0.355 e. The predicted octanol–water partition coefficient (Wildman–Crippen LogP) is 0.149. The number of rotatable bonds is 6. The highest BCUT2D eigenvalue weighted by molar-refractivity contribution is 7.99. The van der Waals surface area contributed by atoms with Gasteiger partial charge >= 0.3 is 0 Å². The van der Waals surface area contributed by atoms with E-state index in [9.17, 15) is 4.79 Å². The van der Waals surface area contributed by atoms with Crippen molar-refractivity contribution in [3.8, 4) is 0 Å². The molecule has 94 valence electrons. The zero-order valence-electron chi connectivity index (χ0n) is 10.3. The monoisotopic (exact) mass is 245 g/mol. The lowest BCUT2D eigenvalue weighted by Crippen LogP contribution is -2.44. The maximum absolute atomic E-state index is 11.5. The summed E-state index contributed by atoms with van der Waals surface area (Å²) in [6.45, 7) is 8.29. The number of carbonyl (C=O) groups is 1. The summed E-state index contributed by atoms with van der Waals surface area (Å²) in [4.78, 5) is 13.9. The second-order valence-electron chi connectivity index (χ2n) is 4.11. The molecule has 1 aliphatic heterocycles. The molecule has 0 radical (unpaired) electrons. The van der Waals surface area contributed by atoms with E-state index >= 15 is 0 Å². The van der Waals surface area contributed by atoms with Crippen molar-refractivity contribution >= 4 is 17.7 Å². The minimum Gasteiger partial charge on any atom is -0.355 e. The van der Waals surface area contributed by atoms with Gasteiger partial charge in [-0.2, -0.15) is 11.8 Å². The molecule has 1 aliphatic rings. The first-order valence-electron chi connectivity index (χ1n) is 5.97. The molecule has 0 saturated carbocycles. The number of piperazine rings is 1. The fraction of sp³-hybridized carbons (Fsp3) is 0.909. The summed E-state index contributed by atoms with van der Waals surface area (Å²) in [5.74, 6) is 0.160. The van der Waals surface area contributed by atoms with Gasteiger partial charge in [-0.15, -0.1) is 0 Å². The number of nitrogens with one attached hydrogen (secondary N) is 2. The smallest absolute Gasteiger partial charge is 0.232 e. The number of carbonyl (C=O) groups excluding carboxylic acids is 1. The third kappa shape index (κ3) is 5.18. The SMILES string of the molecule is CSC(C)C(=O)NCCCN1CCNCC1. The number of amides is 1. The zero-order chi connectivity index (χ0) is 11.8. The number of nitrogens with zero attached hydrogens (tertiary/aromatic N) is 1. The molecule has 4 nitrogen and oxygen atoms in total. The van der Waals surface area contributed by atoms with E-state index in [0.717, 1.165) is 45.7 Å². The Bertz CT molecular complexity index is 207. The molecule has 0 aromatic carbocycles. The van der Waals surface area contributed by atoms with E-state index in [4.69, 9.17) is 0 Å². The molecule has 1 unspecified atom stereocenters. The van der Waals surface area contributed by atoms with Gasteiger partial charge in [0, 0.05) is 32.7 Å². The van der Waals surface area contributed by atoms with Crippen LogP contribution < -0.4 is 10.6 Å². The molecule has 1 fully saturated rings. The molecule has 2 N–H and O–H groups in total. The van der Waals surface area contributed by atoms with Crippen LogP contribution in [0.3, 0.4) is 0 Å². The molecule has 0 spiro atoms. The van der Waals surface area contributed by atoms with Crippen LogP contribution in [-0.4, -0.2) is 61.6 Å². The predicted molar refractivity (Wildman–Crippen MR) is 69.9 cm³/mol. The molecule has 1 atom stereocenters. The first-order valence-corrected chi connectivity index (χ1v) is 7.26. The maximum atomic E-state index is 11.5. The summed E-state index contributed by atoms with van der Waals surface area (Å²) >= 11 is 1.59. The first kappa shape index (κ1) is 13.8. The summed E-state index contributed by atoms with van der Waals surface area (Å²) in [6.07, 6.45) is 3.01. The van der Waals surface area contributed by atoms with Crippen molar-refractivity contribution < 1.29 is 4.79 Å². The topological polar surface area (TPSA) is 44.4 Å². The Morgan fingerprint density at radius 2 is 2.19 bits per heavy atom. The van der Waals surface area contributed by atoms with Crippen molar-refractivity contribution in [2.75, 3.05) is 45.5 Å². The van der Waals surface area contributed by atoms with E-state index in [1.54, 1.807) is 11.8 Å². The Kier molecular flexibility index (Phi) is 6.84. The van der Waals surface area contributed by atoms with Gasteiger partial charge in [0.25, 0.3) is 0 Å². The molecular weight excluding hydrogens is 222 g/mol. The highest BCUT2D eigenvalue weighted by atomic mass is 32.2. The molecule has 1 rings (SSSR count). The van der Waals surface area contributed by atoms with E-state index < -0.39 is 0 Å². The molecule has 0 aliphatic carbocycles. The first-order chi connectivity index (χ1) is 7.74. The summed E-state index contributed by atoms with van der Waals surface area (Å²) < 4.78 is 0. The average Bonchev–Trinajstić information content (AvgIpc) is 2.34. The minimum atomic E-state index is 0.0687. The normalized spacial score (nSPS) is 19.4. The van der Waals surface area contributed by atoms with Gasteiger partial charge in [-0.05, 0) is 26.1 Å². The van der Waals surface area contributed by atoms with Gasteiger partial charge in [0.2, 0.25) is 5.91 Å². The molecule has 1 saturated heterocycles. The number of hydrogen-bond acceptors (Lipinski definition) is 4. The van der Waals surface area contributed by atoms with E-state index in [2.05, 4.69) is 15.5 Å². The lowest BCUT2D eigenvalue weighted by Gasteiger charge is -2.27. The Hall–Kier alpha value is -0.260. The standard InChI is InChI=1S/C11H23N3OS/c1-10(16-2)11(15)13-4-3-7-14-8-5-12-6-9-14/h10,12H,3-9H2,1-2H3,(H,13,15). The van der Waals surface area contributed by atoms with E-state index in [-0.39, 0.29) is 11.2 Å². The molecule has 0 aromatic rings. The molecule has 0 aromatic heterocycles. The van der Waals surface area contributed by atoms with E-state index in [0.29, 0.717) is 0 Å². The van der Waals surface area contributed by atoms with Crippen LogP contribution in [0.4, 0.5) is 0 Å². The fourth-order valence-electron chi connectivity index (χ4n) is 1.70. The summed E-state index contributed by atoms with van der Waals surface area (Å²) in [7, 11) is 0. The van der Waals surface area contributed by atoms with Gasteiger partial charge in [-0.25, -0.2) is 0 Å². The molecule has 5 heteroatoms. The van der Waals surface area contributed by atoms with Crippen LogP contribution in [-0.2, 0) is 4.79 Å². The van der Waals surface area contributed by atoms with E-state index in [1.807, 2.05) is 13.2 Å². The van der Waals surface area contributed by atoms with Crippen molar-refractivity contribution in [1.82, 2.24) is 15.5 Å². The van der Waals surface area contributed by atoms with Crippen LogP contribution in [0.1, 0.15) is 13.3 Å². The summed E-state index contributed by atoms with van der Waals surface area (Å²) in [6, 6.07) is 0. The van der Waals surface area contributed by atoms with Crippen LogP contribution in [0.2, 0.25) is 0 Å². The highest BCUT2D eigenvalue weighted by Gasteiger charge is 2.11. The zero-order valence-corrected chi connectivity index (χ0v) is 11.1. The van der Waals surface area contributed by atoms with Crippen LogP contribution >= 0.6 is 11.8 Å². The molecule has 16 heavy (non-hydrogen) atoms. The van der Waals surface area contributed by atoms with Gasteiger partial charge in [0.15, 0.2) is 0 Å². The Balaban J connectivity index is 2.00. The van der Waals surface area contributed by atoms with Gasteiger partial charge in [0.05, 0.1) is 5.25 Å². The minimum absolute atomic E-state index is 0.0687. The maximum Gasteiger partial charge on any atom is 0.232 e. The Morgan fingerprint density at radius 3 is 2.81 bits per heavy atom. The molecule has 1 heterocycles. The van der Waals surface area contributed by atoms with Crippen LogP contribution in [0, 0.1) is 0 Å². The van der Waals surface area contributed by atoms with Crippen molar-refractivity contribution in [3.05, 3.63) is 0 Å². The third-order valence-corrected chi connectivity index (χ3v) is 3.80. The number of hydrogen-bond donors (Lipinski definition) is 2. The van der Waals surface area contributed by atoms with Crippen molar-refractivity contribution in [2.24, 2.45) is 0 Å². The van der Waals surface area contributed by atoms with Crippen molar-refractivity contribution in [2.45, 2.75) is 18.6 Å². The van der Waals surface area contributed by atoms with Crippen LogP contribution in [0.15, 0.2) is 0 Å². The van der Waals surface area contributed by atoms with Crippen molar-refractivity contribution in [3.63, 3.8) is 0 Å². The van der Waals surface area contributed by atoms with Gasteiger partial charge < -0.3 is 15.5 Å². The van der Waals surface area contributed by atoms with Gasteiger partial charge in [-0.1, -0.05) is 0 Å². The summed E-state index contributed by atoms with van der Waals surface area (Å²) in [5, 5.41) is 6.37. The van der Waals surface area contributed by atoms with Gasteiger partial charge in [-0.3, -0.25) is 4.79 Å². The van der Waals surface area contributed by atoms with Crippen LogP contribution in [0.5, 0.6) is 0 Å². The quantitative estimate of drug-likeness (QED) is 0.654. The summed E-state index contributed by atoms with van der Waals surface area (Å²) in [5.41, 5.74) is 0. The Morgan fingerprint density at radius 1 is 1.50 bits per heavy atom. The second-order valence-corrected chi connectivity index (χ2v) is 5.29. The lowest BCUT2D eigenvalue weighted by atomic mass is 10.3. The highest BCUT2D eigenvalue weighted by Crippen LogP contribution is 2.04. The fourth-order valence-corrected chi connectivity index (χ4v) is 2.00. The third-order valence-electron chi connectivity index (χ3n) is 2.88. The molecule has 0 bridgehead atoms. The average molecular weight is 245 g/mol. The molecule has 1 amide bonds. The van der Waals surface area contributed by atoms with Crippen molar-refractivity contribution in [1.29, 1.82) is 0 Å². The second kappa shape index (κ2) is 7.92. The Labute approximate surface area is 103 Å². The lowest BCUT2D eigenvalue weighted by molar-refractivity contribution is -0.120. The number of thioether (sulfide) groups is 1.